The second kappa shape index (κ2) is 46.8. The highest BCUT2D eigenvalue weighted by atomic mass is 35.5. The van der Waals surface area contributed by atoms with E-state index in [9.17, 15) is 38.5 Å². The number of rotatable bonds is 19. The molecule has 6 aromatic heterocycles. The van der Waals surface area contributed by atoms with Crippen molar-refractivity contribution in [3.05, 3.63) is 167 Å². The van der Waals surface area contributed by atoms with Gasteiger partial charge in [-0.15, -0.1) is 0 Å². The second-order valence-electron chi connectivity index (χ2n) is 32.9. The molecule has 0 bridgehead atoms. The Balaban J connectivity index is 0.000000169. The average molecular weight is 1790 g/mol. The number of nitrogen functional groups attached to an aromatic ring is 1. The molecule has 0 saturated carbocycles. The molecule has 6 aliphatic heterocycles. The maximum atomic E-state index is 12.5. The molecule has 6 saturated heterocycles. The molecular formula is C93H108ClF3N18O14. The van der Waals surface area contributed by atoms with Crippen LogP contribution in [-0.4, -0.2) is 209 Å². The normalized spacial score (nSPS) is 16.0. The van der Waals surface area contributed by atoms with Crippen molar-refractivity contribution < 1.29 is 79.7 Å². The number of nitrogens with two attached hydrogens (primary N) is 1. The molecule has 15 rings (SSSR count). The van der Waals surface area contributed by atoms with Gasteiger partial charge in [0, 0.05) is 116 Å². The number of pyridine rings is 3. The van der Waals surface area contributed by atoms with Crippen LogP contribution in [0.2, 0.25) is 5.15 Å². The van der Waals surface area contributed by atoms with Crippen molar-refractivity contribution in [2.75, 3.05) is 117 Å². The van der Waals surface area contributed by atoms with E-state index in [1.54, 1.807) is 67.5 Å². The van der Waals surface area contributed by atoms with Gasteiger partial charge in [0.2, 0.25) is 23.9 Å². The number of nitriles is 3. The summed E-state index contributed by atoms with van der Waals surface area (Å²) < 4.78 is 93.0. The lowest BCUT2D eigenvalue weighted by atomic mass is 9.90. The summed E-state index contributed by atoms with van der Waals surface area (Å²) in [5.41, 5.74) is 13.8. The minimum atomic E-state index is -4.64. The molecule has 3 aromatic carbocycles. The van der Waals surface area contributed by atoms with Crippen molar-refractivity contribution in [3.8, 4) is 86.9 Å². The van der Waals surface area contributed by atoms with Gasteiger partial charge in [0.05, 0.1) is 94.7 Å². The zero-order valence-electron chi connectivity index (χ0n) is 73.7. The van der Waals surface area contributed by atoms with E-state index >= 15 is 0 Å². The topological polar surface area (TPSA) is 409 Å². The van der Waals surface area contributed by atoms with E-state index in [1.807, 2.05) is 108 Å². The number of alkyl halides is 3. The van der Waals surface area contributed by atoms with Crippen LogP contribution in [0, 0.1) is 34.0 Å². The number of carbonyl (C=O) groups is 3. The number of nitrogens with zero attached hydrogens (tertiary/aromatic N) is 14. The van der Waals surface area contributed by atoms with E-state index in [0.717, 1.165) is 124 Å². The number of nitrogens with one attached hydrogen (secondary N) is 3. The zero-order valence-corrected chi connectivity index (χ0v) is 74.5. The SMILES string of the molecule is COc1nc(N)ccc1C1CCN(C(=O)OC(C)(C)C)CC1.COc1nc(Nc2cc(-c3ccc(OC4CCOCC4)c(C#N)c3)ncn2)ccc1C1CCN(C(=O)OC(C)(C)C)CC1.COc1nc(Nc2cc(-c3ccc(OC4CCOCC4)c(C#N)c3)ncn2)ccc1C1CCNCC1.N#Cc1cc(-c2cc(Cl)ncn2)ccc1OC1CCOCC1.O=CC(F)(F)F. The molecule has 32 nitrogen and oxygen atoms in total. The fourth-order valence-corrected chi connectivity index (χ4v) is 15.1. The van der Waals surface area contributed by atoms with E-state index in [4.69, 9.17) is 79.2 Å². The molecule has 0 unspecified atom stereocenters. The summed E-state index contributed by atoms with van der Waals surface area (Å²) >= 11 is 5.88. The van der Waals surface area contributed by atoms with Crippen LogP contribution in [0.5, 0.6) is 34.9 Å². The largest absolute Gasteiger partial charge is 0.489 e. The van der Waals surface area contributed by atoms with Crippen molar-refractivity contribution in [3.63, 3.8) is 0 Å². The first kappa shape index (κ1) is 96.8. The number of amides is 2. The third-order valence-electron chi connectivity index (χ3n) is 21.4. The molecule has 6 aliphatic rings. The minimum absolute atomic E-state index is 0.0440. The number of ether oxygens (including phenoxy) is 11. The van der Waals surface area contributed by atoms with Gasteiger partial charge in [-0.05, 0) is 202 Å². The molecule has 0 spiro atoms. The molecule has 6 fully saturated rings. The zero-order chi connectivity index (χ0) is 92.0. The molecule has 682 valence electrons. The van der Waals surface area contributed by atoms with Gasteiger partial charge in [-0.1, -0.05) is 11.6 Å². The van der Waals surface area contributed by atoms with E-state index < -0.39 is 23.7 Å². The number of benzene rings is 3. The average Bonchev–Trinajstić information content (AvgIpc) is 0.824. The molecule has 0 aliphatic carbocycles. The van der Waals surface area contributed by atoms with Gasteiger partial charge < -0.3 is 83.6 Å². The van der Waals surface area contributed by atoms with Crippen LogP contribution in [0.4, 0.5) is 51.8 Å². The Kier molecular flexibility index (Phi) is 35.1. The van der Waals surface area contributed by atoms with Crippen LogP contribution >= 0.6 is 11.6 Å². The fraction of sp³-hybridized carbons (Fsp3) is 0.452. The van der Waals surface area contributed by atoms with Gasteiger partial charge in [0.1, 0.15) is 118 Å². The van der Waals surface area contributed by atoms with Crippen LogP contribution in [0.3, 0.4) is 0 Å². The quantitative estimate of drug-likeness (QED) is 0.0431. The van der Waals surface area contributed by atoms with Crippen molar-refractivity contribution >= 4 is 59.2 Å². The molecule has 129 heavy (non-hydrogen) atoms. The van der Waals surface area contributed by atoms with Crippen LogP contribution in [0.25, 0.3) is 33.8 Å². The van der Waals surface area contributed by atoms with Crippen molar-refractivity contribution in [2.24, 2.45) is 0 Å². The summed E-state index contributed by atoms with van der Waals surface area (Å²) in [5.74, 6) is 7.32. The van der Waals surface area contributed by atoms with Gasteiger partial charge >= 0.3 is 18.4 Å². The highest BCUT2D eigenvalue weighted by Gasteiger charge is 2.33. The Labute approximate surface area is 753 Å². The van der Waals surface area contributed by atoms with Gasteiger partial charge in [-0.3, -0.25) is 4.79 Å². The lowest BCUT2D eigenvalue weighted by Crippen LogP contribution is -2.41. The number of aldehydes is 1. The van der Waals surface area contributed by atoms with Crippen molar-refractivity contribution in [1.29, 1.82) is 15.8 Å². The van der Waals surface area contributed by atoms with Gasteiger partial charge in [-0.25, -0.2) is 39.5 Å². The van der Waals surface area contributed by atoms with E-state index in [-0.39, 0.29) is 36.4 Å². The summed E-state index contributed by atoms with van der Waals surface area (Å²) in [4.78, 5) is 75.9. The molecule has 36 heteroatoms. The standard InChI is InChI=1S/C32H38N6O5.C27H30N6O3.C16H14ClN3O2.C16H25N3O3.C2HF3O/c1-32(2,3)43-31(39)38-13-9-21(10-14-38)25-6-8-28(37-30(25)40-4)36-29-18-26(34-20-35-29)22-5-7-27(23(17-22)19-33)42-24-11-15-41-16-12-24;1-34-27-22(18-6-10-29-11-7-18)3-5-25(33-27)32-26-15-23(30-17-31-26)19-2-4-24(20(14-19)16-28)36-21-8-12-35-13-9-21;17-16-8-14(19-10-20-16)11-1-2-15(12(7-11)9-18)22-13-3-5-21-6-4-13;1-16(2,3)22-15(20)19-9-7-11(8-10-19)12-5-6-13(17)18-14(12)21-4;3-2(4,5)1-6/h5-8,17-18,20-21,24H,9-16H2,1-4H3,(H,34,35,36,37);2-5,14-15,17-18,21,29H,6-13H2,1H3,(H,30,31,32,33);1-2,7-8,10,13H,3-6H2;5-6,11H,7-10H2,1-4H3,(H2,17,18);1H. The monoisotopic (exact) mass is 1790 g/mol. The molecule has 5 N–H and O–H groups in total. The summed E-state index contributed by atoms with van der Waals surface area (Å²) in [7, 11) is 4.86. The number of piperidine rings is 3. The lowest BCUT2D eigenvalue weighted by molar-refractivity contribution is -0.156. The fourth-order valence-electron chi connectivity index (χ4n) is 14.9. The molecule has 12 heterocycles. The number of likely N-dealkylation sites (tertiary alicyclic amines) is 2. The van der Waals surface area contributed by atoms with Crippen molar-refractivity contribution in [2.45, 2.75) is 172 Å². The predicted molar refractivity (Wildman–Crippen MR) is 475 cm³/mol. The Morgan fingerprint density at radius 2 is 0.798 bits per heavy atom. The number of aromatic nitrogens is 9. The smallest absolute Gasteiger partial charge is 0.446 e. The summed E-state index contributed by atoms with van der Waals surface area (Å²) in [6.07, 6.45) is 8.76. The summed E-state index contributed by atoms with van der Waals surface area (Å²) in [6.45, 7) is 19.9. The van der Waals surface area contributed by atoms with Crippen LogP contribution in [0.15, 0.2) is 128 Å². The van der Waals surface area contributed by atoms with Crippen molar-refractivity contribution in [1.82, 2.24) is 60.0 Å². The number of halogens is 4. The molecule has 9 aromatic rings. The summed E-state index contributed by atoms with van der Waals surface area (Å²) in [5, 5.41) is 39.1. The Morgan fingerprint density at radius 1 is 0.465 bits per heavy atom. The van der Waals surface area contributed by atoms with Gasteiger partial charge in [0.15, 0.2) is 0 Å². The number of methoxy groups -OCH3 is 3. The first-order chi connectivity index (χ1) is 62.1. The maximum Gasteiger partial charge on any atom is 0.446 e. The Morgan fingerprint density at radius 3 is 1.13 bits per heavy atom. The minimum Gasteiger partial charge on any atom is -0.489 e. The number of hydrogen-bond donors (Lipinski definition) is 4. The highest BCUT2D eigenvalue weighted by Crippen LogP contribution is 2.40. The second-order valence-corrected chi connectivity index (χ2v) is 33.3. The molecule has 0 atom stereocenters. The van der Waals surface area contributed by atoms with Crippen LogP contribution in [-0.2, 0) is 28.5 Å². The third-order valence-corrected chi connectivity index (χ3v) is 21.6. The van der Waals surface area contributed by atoms with E-state index in [0.29, 0.717) is 181 Å². The number of carbonyl (C=O) groups excluding carboxylic acids is 3. The molecule has 0 radical (unpaired) electrons. The Hall–Kier alpha value is -12.9. The van der Waals surface area contributed by atoms with Crippen LogP contribution < -0.4 is 50.1 Å². The van der Waals surface area contributed by atoms with E-state index in [1.165, 1.54) is 19.0 Å². The molecule has 2 amide bonds. The van der Waals surface area contributed by atoms with Gasteiger partial charge in [0.25, 0.3) is 0 Å². The maximum absolute atomic E-state index is 12.5. The third kappa shape index (κ3) is 29.3. The van der Waals surface area contributed by atoms with Gasteiger partial charge in [-0.2, -0.15) is 43.9 Å². The Bertz CT molecular complexity index is 5360. The number of anilines is 5. The van der Waals surface area contributed by atoms with Crippen LogP contribution in [0.1, 0.15) is 170 Å². The molecular weight excluding hydrogens is 1690 g/mol. The lowest BCUT2D eigenvalue weighted by Gasteiger charge is -2.33. The predicted octanol–water partition coefficient (Wildman–Crippen LogP) is 16.8. The summed E-state index contributed by atoms with van der Waals surface area (Å²) in [6, 6.07) is 40.2. The first-order valence-corrected chi connectivity index (χ1v) is 43.1. The number of hydrogen-bond acceptors (Lipinski definition) is 30. The van der Waals surface area contributed by atoms with E-state index in [2.05, 4.69) is 80.1 Å². The first-order valence-electron chi connectivity index (χ1n) is 42.7. The highest BCUT2D eigenvalue weighted by molar-refractivity contribution is 6.29.